The van der Waals surface area contributed by atoms with E-state index in [1.807, 2.05) is 0 Å². The number of methoxy groups -OCH3 is 1. The van der Waals surface area contributed by atoms with Gasteiger partial charge in [-0.1, -0.05) is 11.6 Å². The highest BCUT2D eigenvalue weighted by Crippen LogP contribution is 2.37. The number of hydrogen-bond acceptors (Lipinski definition) is 4. The molecule has 0 saturated carbocycles. The second-order valence-electron chi connectivity index (χ2n) is 5.13. The third kappa shape index (κ3) is 4.00. The summed E-state index contributed by atoms with van der Waals surface area (Å²) >= 11 is 5.93. The van der Waals surface area contributed by atoms with Gasteiger partial charge in [0.2, 0.25) is 5.91 Å². The van der Waals surface area contributed by atoms with E-state index in [2.05, 4.69) is 15.0 Å². The number of rotatable bonds is 4. The zero-order chi connectivity index (χ0) is 20.5. The molecule has 2 aromatic rings. The molecule has 0 aliphatic heterocycles. The minimum Gasteiger partial charge on any atom is -0.464 e. The molecule has 0 bridgehead atoms. The summed E-state index contributed by atoms with van der Waals surface area (Å²) in [5, 5.41) is 1.80. The number of aromatic nitrogens is 1. The number of nitrogens with one attached hydrogen (secondary N) is 1. The summed E-state index contributed by atoms with van der Waals surface area (Å²) in [6, 6.07) is 0.914. The molecule has 2 rings (SSSR count). The van der Waals surface area contributed by atoms with Crippen molar-refractivity contribution in [2.45, 2.75) is 13.3 Å². The van der Waals surface area contributed by atoms with E-state index in [0.717, 1.165) is 20.1 Å². The van der Waals surface area contributed by atoms with E-state index in [0.29, 0.717) is 0 Å². The highest BCUT2D eigenvalue weighted by molar-refractivity contribution is 6.36. The van der Waals surface area contributed by atoms with Gasteiger partial charge >= 0.3 is 5.97 Å². The average Bonchev–Trinajstić information content (AvgIpc) is 2.55. The number of pyridine rings is 1. The van der Waals surface area contributed by atoms with Crippen molar-refractivity contribution >= 4 is 29.2 Å². The van der Waals surface area contributed by atoms with Crippen molar-refractivity contribution in [3.63, 3.8) is 0 Å². The normalized spacial score (nSPS) is 10.9. The number of carbonyl (C=O) groups excluding carboxylic acids is 2. The highest BCUT2D eigenvalue weighted by atomic mass is 35.5. The molecule has 0 atom stereocenters. The standard InChI is InChI=1S/C16H10ClF5N2O3/c1-5(25)23-9-4-8(24-14(12(9)17)16(26)27-2)10-6(18)3-7(19)11(13(10)20)15(21)22/h3-4,15H,1-2H3,(H,23,24,25). The topological polar surface area (TPSA) is 68.3 Å². The molecule has 0 aliphatic rings. The maximum atomic E-state index is 14.4. The molecular formula is C16H10ClF5N2O3. The number of ether oxygens (including phenoxy) is 1. The number of esters is 1. The van der Waals surface area contributed by atoms with Gasteiger partial charge in [0.15, 0.2) is 5.69 Å². The molecule has 1 N–H and O–H groups in total. The van der Waals surface area contributed by atoms with Crippen LogP contribution in [0.3, 0.4) is 0 Å². The molecule has 1 heterocycles. The van der Waals surface area contributed by atoms with Crippen LogP contribution in [0.5, 0.6) is 0 Å². The summed E-state index contributed by atoms with van der Waals surface area (Å²) in [6.45, 7) is 1.09. The number of hydrogen-bond donors (Lipinski definition) is 1. The molecule has 0 radical (unpaired) electrons. The third-order valence-electron chi connectivity index (χ3n) is 3.33. The highest BCUT2D eigenvalue weighted by Gasteiger charge is 2.28. The van der Waals surface area contributed by atoms with Gasteiger partial charge in [-0.2, -0.15) is 0 Å². The minimum atomic E-state index is -3.58. The van der Waals surface area contributed by atoms with Crippen LogP contribution in [0.25, 0.3) is 11.3 Å². The molecular weight excluding hydrogens is 399 g/mol. The Morgan fingerprint density at radius 2 is 1.81 bits per heavy atom. The van der Waals surface area contributed by atoms with Crippen LogP contribution in [0.2, 0.25) is 5.02 Å². The van der Waals surface area contributed by atoms with E-state index in [1.54, 1.807) is 0 Å². The summed E-state index contributed by atoms with van der Waals surface area (Å²) in [5.41, 5.74) is -4.39. The van der Waals surface area contributed by atoms with Gasteiger partial charge in [0.25, 0.3) is 6.43 Å². The zero-order valence-corrected chi connectivity index (χ0v) is 14.4. The summed E-state index contributed by atoms with van der Waals surface area (Å²) in [7, 11) is 0.971. The molecule has 144 valence electrons. The molecule has 27 heavy (non-hydrogen) atoms. The fourth-order valence-corrected chi connectivity index (χ4v) is 2.43. The van der Waals surface area contributed by atoms with Gasteiger partial charge in [-0.15, -0.1) is 0 Å². The third-order valence-corrected chi connectivity index (χ3v) is 3.71. The molecule has 11 heteroatoms. The second-order valence-corrected chi connectivity index (χ2v) is 5.51. The Labute approximate surface area is 154 Å². The van der Waals surface area contributed by atoms with E-state index in [-0.39, 0.29) is 11.8 Å². The lowest BCUT2D eigenvalue weighted by Crippen LogP contribution is -2.13. The Balaban J connectivity index is 2.84. The van der Waals surface area contributed by atoms with Crippen LogP contribution in [0.1, 0.15) is 29.4 Å². The fraction of sp³-hybridized carbons (Fsp3) is 0.188. The molecule has 0 spiro atoms. The van der Waals surface area contributed by atoms with Crippen molar-refractivity contribution in [3.05, 3.63) is 45.9 Å². The number of alkyl halides is 2. The van der Waals surface area contributed by atoms with Crippen LogP contribution in [-0.4, -0.2) is 24.0 Å². The van der Waals surface area contributed by atoms with E-state index in [1.165, 1.54) is 0 Å². The van der Waals surface area contributed by atoms with E-state index in [9.17, 15) is 31.5 Å². The van der Waals surface area contributed by atoms with Gasteiger partial charge in [-0.05, 0) is 6.07 Å². The van der Waals surface area contributed by atoms with Gasteiger partial charge in [0.05, 0.1) is 34.6 Å². The van der Waals surface area contributed by atoms with E-state index in [4.69, 9.17) is 11.6 Å². The Hall–Kier alpha value is -2.75. The number of amides is 1. The predicted molar refractivity (Wildman–Crippen MR) is 85.2 cm³/mol. The van der Waals surface area contributed by atoms with Crippen molar-refractivity contribution in [2.24, 2.45) is 0 Å². The summed E-state index contributed by atoms with van der Waals surface area (Å²) < 4.78 is 72.3. The number of benzene rings is 1. The first kappa shape index (κ1) is 20.6. The summed E-state index contributed by atoms with van der Waals surface area (Å²) in [6.07, 6.45) is -3.58. The quantitative estimate of drug-likeness (QED) is 0.597. The lowest BCUT2D eigenvalue weighted by molar-refractivity contribution is -0.114. The lowest BCUT2D eigenvalue weighted by Gasteiger charge is -2.14. The van der Waals surface area contributed by atoms with Crippen LogP contribution in [0, 0.1) is 17.5 Å². The molecule has 5 nitrogen and oxygen atoms in total. The average molecular weight is 409 g/mol. The number of carbonyl (C=O) groups is 2. The summed E-state index contributed by atoms with van der Waals surface area (Å²) in [5.74, 6) is -7.01. The van der Waals surface area contributed by atoms with E-state index < -0.39 is 63.3 Å². The molecule has 1 aromatic carbocycles. The van der Waals surface area contributed by atoms with Crippen LogP contribution < -0.4 is 5.32 Å². The van der Waals surface area contributed by atoms with Gasteiger partial charge in [0, 0.05) is 13.0 Å². The van der Waals surface area contributed by atoms with Crippen LogP contribution >= 0.6 is 11.6 Å². The smallest absolute Gasteiger partial charge is 0.358 e. The van der Waals surface area contributed by atoms with Crippen LogP contribution in [0.15, 0.2) is 12.1 Å². The number of anilines is 1. The first-order valence-electron chi connectivity index (χ1n) is 7.10. The minimum absolute atomic E-state index is 0.0616. The van der Waals surface area contributed by atoms with Gasteiger partial charge < -0.3 is 10.1 Å². The Morgan fingerprint density at radius 3 is 2.33 bits per heavy atom. The van der Waals surface area contributed by atoms with Gasteiger partial charge in [-0.3, -0.25) is 4.79 Å². The van der Waals surface area contributed by atoms with E-state index >= 15 is 0 Å². The predicted octanol–water partition coefficient (Wildman–Crippen LogP) is 4.50. The monoisotopic (exact) mass is 408 g/mol. The van der Waals surface area contributed by atoms with Crippen molar-refractivity contribution in [3.8, 4) is 11.3 Å². The SMILES string of the molecule is COC(=O)c1nc(-c2c(F)cc(F)c(C(F)F)c2F)cc(NC(C)=O)c1Cl. The van der Waals surface area contributed by atoms with Crippen molar-refractivity contribution in [1.82, 2.24) is 4.98 Å². The molecule has 0 saturated heterocycles. The lowest BCUT2D eigenvalue weighted by atomic mass is 10.0. The number of nitrogens with zero attached hydrogens (tertiary/aromatic N) is 1. The van der Waals surface area contributed by atoms with Gasteiger partial charge in [0.1, 0.15) is 17.5 Å². The Kier molecular flexibility index (Phi) is 5.99. The molecule has 0 unspecified atom stereocenters. The molecule has 1 aromatic heterocycles. The van der Waals surface area contributed by atoms with Crippen molar-refractivity contribution in [2.75, 3.05) is 12.4 Å². The van der Waals surface area contributed by atoms with Gasteiger partial charge in [-0.25, -0.2) is 31.7 Å². The van der Waals surface area contributed by atoms with Crippen molar-refractivity contribution in [1.29, 1.82) is 0 Å². The van der Waals surface area contributed by atoms with Crippen molar-refractivity contribution < 1.29 is 36.3 Å². The maximum Gasteiger partial charge on any atom is 0.358 e. The summed E-state index contributed by atoms with van der Waals surface area (Å²) in [4.78, 5) is 26.7. The van der Waals surface area contributed by atoms with Crippen LogP contribution in [0.4, 0.5) is 27.6 Å². The Morgan fingerprint density at radius 1 is 1.19 bits per heavy atom. The maximum absolute atomic E-state index is 14.4. The first-order chi connectivity index (χ1) is 12.6. The second kappa shape index (κ2) is 7.87. The molecule has 1 amide bonds. The molecule has 0 fully saturated rings. The largest absolute Gasteiger partial charge is 0.464 e. The number of halogens is 6. The molecule has 0 aliphatic carbocycles. The fourth-order valence-electron chi connectivity index (χ4n) is 2.21. The first-order valence-corrected chi connectivity index (χ1v) is 7.48. The Bertz CT molecular complexity index is 937. The van der Waals surface area contributed by atoms with Crippen LogP contribution in [-0.2, 0) is 9.53 Å². The zero-order valence-electron chi connectivity index (χ0n) is 13.7.